The molecule has 4 rings (SSSR count). The first-order valence-corrected chi connectivity index (χ1v) is 10.4. The Labute approximate surface area is 157 Å². The molecule has 0 aliphatic carbocycles. The third-order valence-corrected chi connectivity index (χ3v) is 6.59. The molecule has 140 valence electrons. The third kappa shape index (κ3) is 3.74. The standard InChI is InChI=1S/C20H20N2O4S/c23-19(14-22-11-6-12-27(22,24)25)21-20(15-7-2-1-3-8-15)18-13-16-9-4-5-10-17(16)26-18/h1-5,7-10,13,20H,6,11-12,14H2,(H,21,23)/t20-/m1/s1. The van der Waals surface area contributed by atoms with Gasteiger partial charge in [0.25, 0.3) is 0 Å². The van der Waals surface area contributed by atoms with Crippen molar-refractivity contribution in [3.05, 3.63) is 72.0 Å². The summed E-state index contributed by atoms with van der Waals surface area (Å²) in [5, 5.41) is 3.89. The zero-order valence-corrected chi connectivity index (χ0v) is 15.5. The fourth-order valence-electron chi connectivity index (χ4n) is 3.34. The molecule has 7 heteroatoms. The Morgan fingerprint density at radius 3 is 2.56 bits per heavy atom. The van der Waals surface area contributed by atoms with Gasteiger partial charge in [0.15, 0.2) is 0 Å². The van der Waals surface area contributed by atoms with E-state index in [0.29, 0.717) is 18.7 Å². The number of fused-ring (bicyclic) bond motifs is 1. The summed E-state index contributed by atoms with van der Waals surface area (Å²) in [6.45, 7) is 0.211. The van der Waals surface area contributed by atoms with Gasteiger partial charge < -0.3 is 9.73 Å². The van der Waals surface area contributed by atoms with Gasteiger partial charge in [-0.05, 0) is 24.1 Å². The summed E-state index contributed by atoms with van der Waals surface area (Å²) in [7, 11) is -3.32. The van der Waals surface area contributed by atoms with E-state index in [-0.39, 0.29) is 18.2 Å². The van der Waals surface area contributed by atoms with Crippen LogP contribution in [0.4, 0.5) is 0 Å². The molecule has 0 unspecified atom stereocenters. The number of benzene rings is 2. The van der Waals surface area contributed by atoms with Crippen molar-refractivity contribution in [1.29, 1.82) is 0 Å². The number of hydrogen-bond donors (Lipinski definition) is 1. The molecule has 0 radical (unpaired) electrons. The SMILES string of the molecule is O=C(CN1CCCS1(=O)=O)N[C@H](c1ccccc1)c1cc2ccccc2o1. The molecule has 1 aliphatic heterocycles. The maximum absolute atomic E-state index is 12.6. The Morgan fingerprint density at radius 2 is 1.85 bits per heavy atom. The number of amides is 1. The number of carbonyl (C=O) groups excluding carboxylic acids is 1. The molecular weight excluding hydrogens is 364 g/mol. The fourth-order valence-corrected chi connectivity index (χ4v) is 4.82. The van der Waals surface area contributed by atoms with E-state index in [1.54, 1.807) is 0 Å². The van der Waals surface area contributed by atoms with E-state index in [4.69, 9.17) is 4.42 Å². The first-order valence-electron chi connectivity index (χ1n) is 8.83. The molecular formula is C20H20N2O4S. The highest BCUT2D eigenvalue weighted by Gasteiger charge is 2.31. The molecule has 3 aromatic rings. The molecule has 2 aromatic carbocycles. The van der Waals surface area contributed by atoms with Crippen LogP contribution < -0.4 is 5.32 Å². The van der Waals surface area contributed by atoms with E-state index in [9.17, 15) is 13.2 Å². The quantitative estimate of drug-likeness (QED) is 0.733. The summed E-state index contributed by atoms with van der Waals surface area (Å²) >= 11 is 0. The van der Waals surface area contributed by atoms with Crippen LogP contribution in [-0.4, -0.2) is 37.5 Å². The molecule has 6 nitrogen and oxygen atoms in total. The first kappa shape index (κ1) is 17.8. The van der Waals surface area contributed by atoms with Gasteiger partial charge in [-0.15, -0.1) is 0 Å². The van der Waals surface area contributed by atoms with Crippen LogP contribution in [0.5, 0.6) is 0 Å². The highest BCUT2D eigenvalue weighted by Crippen LogP contribution is 2.28. The number of hydrogen-bond acceptors (Lipinski definition) is 4. The summed E-state index contributed by atoms with van der Waals surface area (Å²) < 4.78 is 31.1. The van der Waals surface area contributed by atoms with Gasteiger partial charge in [-0.1, -0.05) is 48.5 Å². The van der Waals surface area contributed by atoms with E-state index in [1.807, 2.05) is 60.7 Å². The number of rotatable bonds is 5. The van der Waals surface area contributed by atoms with Crippen molar-refractivity contribution in [2.24, 2.45) is 0 Å². The van der Waals surface area contributed by atoms with Crippen molar-refractivity contribution < 1.29 is 17.6 Å². The van der Waals surface area contributed by atoms with Crippen molar-refractivity contribution in [3.8, 4) is 0 Å². The molecule has 1 fully saturated rings. The van der Waals surface area contributed by atoms with Crippen molar-refractivity contribution >= 4 is 26.9 Å². The van der Waals surface area contributed by atoms with Gasteiger partial charge in [-0.3, -0.25) is 4.79 Å². The Kier molecular flexibility index (Phi) is 4.72. The second kappa shape index (κ2) is 7.17. The summed E-state index contributed by atoms with van der Waals surface area (Å²) in [5.41, 5.74) is 1.61. The lowest BCUT2D eigenvalue weighted by atomic mass is 10.0. The van der Waals surface area contributed by atoms with Crippen molar-refractivity contribution in [2.45, 2.75) is 12.5 Å². The van der Waals surface area contributed by atoms with E-state index in [1.165, 1.54) is 4.31 Å². The van der Waals surface area contributed by atoms with Gasteiger partial charge in [0.1, 0.15) is 17.4 Å². The molecule has 1 saturated heterocycles. The lowest BCUT2D eigenvalue weighted by Gasteiger charge is -2.19. The topological polar surface area (TPSA) is 79.6 Å². The minimum absolute atomic E-state index is 0.103. The van der Waals surface area contributed by atoms with Gasteiger partial charge in [0, 0.05) is 11.9 Å². The van der Waals surface area contributed by atoms with E-state index in [0.717, 1.165) is 16.5 Å². The zero-order chi connectivity index (χ0) is 18.9. The number of carbonyl (C=O) groups is 1. The molecule has 1 amide bonds. The van der Waals surface area contributed by atoms with Crippen LogP contribution in [0, 0.1) is 0 Å². The average Bonchev–Trinajstić information content (AvgIpc) is 3.23. The highest BCUT2D eigenvalue weighted by atomic mass is 32.2. The first-order chi connectivity index (χ1) is 13.0. The number of nitrogens with zero attached hydrogens (tertiary/aromatic N) is 1. The Balaban J connectivity index is 1.61. The van der Waals surface area contributed by atoms with E-state index in [2.05, 4.69) is 5.32 Å². The monoisotopic (exact) mass is 384 g/mol. The summed E-state index contributed by atoms with van der Waals surface area (Å²) in [5.74, 6) is 0.362. The molecule has 0 bridgehead atoms. The Bertz CT molecular complexity index is 1030. The predicted molar refractivity (Wildman–Crippen MR) is 103 cm³/mol. The molecule has 0 spiro atoms. The maximum Gasteiger partial charge on any atom is 0.236 e. The third-order valence-electron chi connectivity index (χ3n) is 4.69. The molecule has 0 saturated carbocycles. The van der Waals surface area contributed by atoms with Crippen LogP contribution in [-0.2, 0) is 14.8 Å². The second-order valence-electron chi connectivity index (χ2n) is 6.60. The van der Waals surface area contributed by atoms with Gasteiger partial charge in [-0.2, -0.15) is 4.31 Å². The normalized spacial score (nSPS) is 17.8. The maximum atomic E-state index is 12.6. The summed E-state index contributed by atoms with van der Waals surface area (Å²) in [6.07, 6.45) is 0.557. The molecule has 1 N–H and O–H groups in total. The van der Waals surface area contributed by atoms with Crippen molar-refractivity contribution in [2.75, 3.05) is 18.8 Å². The van der Waals surface area contributed by atoms with Crippen LogP contribution in [0.15, 0.2) is 65.1 Å². The van der Waals surface area contributed by atoms with E-state index < -0.39 is 16.1 Å². The van der Waals surface area contributed by atoms with Crippen LogP contribution in [0.1, 0.15) is 23.8 Å². The Hall–Kier alpha value is -2.64. The van der Waals surface area contributed by atoms with Gasteiger partial charge in [-0.25, -0.2) is 8.42 Å². The van der Waals surface area contributed by atoms with Crippen molar-refractivity contribution in [3.63, 3.8) is 0 Å². The minimum atomic E-state index is -3.32. The van der Waals surface area contributed by atoms with Crippen LogP contribution >= 0.6 is 0 Å². The van der Waals surface area contributed by atoms with Crippen LogP contribution in [0.2, 0.25) is 0 Å². The highest BCUT2D eigenvalue weighted by molar-refractivity contribution is 7.89. The molecule has 1 aliphatic rings. The predicted octanol–water partition coefficient (Wildman–Crippen LogP) is 2.67. The number of para-hydroxylation sites is 1. The zero-order valence-electron chi connectivity index (χ0n) is 14.7. The minimum Gasteiger partial charge on any atom is -0.459 e. The lowest BCUT2D eigenvalue weighted by Crippen LogP contribution is -2.39. The fraction of sp³-hybridized carbons (Fsp3) is 0.250. The van der Waals surface area contributed by atoms with Gasteiger partial charge in [0.05, 0.1) is 12.3 Å². The second-order valence-corrected chi connectivity index (χ2v) is 8.69. The van der Waals surface area contributed by atoms with Crippen molar-refractivity contribution in [1.82, 2.24) is 9.62 Å². The number of sulfonamides is 1. The molecule has 1 aromatic heterocycles. The summed E-state index contributed by atoms with van der Waals surface area (Å²) in [6, 6.07) is 18.6. The number of nitrogens with one attached hydrogen (secondary N) is 1. The Morgan fingerprint density at radius 1 is 1.11 bits per heavy atom. The lowest BCUT2D eigenvalue weighted by molar-refractivity contribution is -0.121. The average molecular weight is 384 g/mol. The summed E-state index contributed by atoms with van der Waals surface area (Å²) in [4.78, 5) is 12.6. The molecule has 2 heterocycles. The van der Waals surface area contributed by atoms with Crippen LogP contribution in [0.25, 0.3) is 11.0 Å². The largest absolute Gasteiger partial charge is 0.459 e. The van der Waals surface area contributed by atoms with Gasteiger partial charge in [0.2, 0.25) is 15.9 Å². The molecule has 1 atom stereocenters. The van der Waals surface area contributed by atoms with Crippen LogP contribution in [0.3, 0.4) is 0 Å². The molecule has 27 heavy (non-hydrogen) atoms. The van der Waals surface area contributed by atoms with E-state index >= 15 is 0 Å². The number of furan rings is 1. The van der Waals surface area contributed by atoms with Gasteiger partial charge >= 0.3 is 0 Å². The smallest absolute Gasteiger partial charge is 0.236 e.